The van der Waals surface area contributed by atoms with Crippen LogP contribution < -0.4 is 16.3 Å². The van der Waals surface area contributed by atoms with Crippen molar-refractivity contribution >= 4 is 11.6 Å². The number of rotatable bonds is 4. The fourth-order valence-electron chi connectivity index (χ4n) is 4.29. The number of carbonyl (C=O) groups excluding carboxylic acids is 1. The minimum absolute atomic E-state index is 0.0614. The van der Waals surface area contributed by atoms with Crippen LogP contribution in [0.2, 0.25) is 0 Å². The molecule has 0 bridgehead atoms. The van der Waals surface area contributed by atoms with Gasteiger partial charge in [0.1, 0.15) is 5.70 Å². The van der Waals surface area contributed by atoms with E-state index in [4.69, 9.17) is 0 Å². The summed E-state index contributed by atoms with van der Waals surface area (Å²) < 4.78 is 41.7. The number of pyridine rings is 1. The van der Waals surface area contributed by atoms with Crippen molar-refractivity contribution in [1.82, 2.24) is 30.8 Å². The lowest BCUT2D eigenvalue weighted by molar-refractivity contribution is -0.138. The molecule has 0 saturated carbocycles. The summed E-state index contributed by atoms with van der Waals surface area (Å²) in [4.78, 5) is 21.1. The van der Waals surface area contributed by atoms with Gasteiger partial charge in [0, 0.05) is 62.6 Å². The molecular weight excluding hydrogens is 495 g/mol. The summed E-state index contributed by atoms with van der Waals surface area (Å²) >= 11 is 0. The van der Waals surface area contributed by atoms with Crippen molar-refractivity contribution < 1.29 is 18.0 Å². The van der Waals surface area contributed by atoms with Crippen LogP contribution in [0.15, 0.2) is 72.5 Å². The molecule has 1 aromatic heterocycles. The van der Waals surface area contributed by atoms with Crippen molar-refractivity contribution in [2.24, 2.45) is 0 Å². The van der Waals surface area contributed by atoms with Gasteiger partial charge in [0.25, 0.3) is 5.91 Å². The summed E-state index contributed by atoms with van der Waals surface area (Å²) in [6, 6.07) is 5.47. The molecule has 11 heteroatoms. The molecule has 0 aliphatic carbocycles. The third-order valence-corrected chi connectivity index (χ3v) is 6.41. The van der Waals surface area contributed by atoms with Gasteiger partial charge in [-0.15, -0.1) is 5.53 Å². The van der Waals surface area contributed by atoms with Crippen LogP contribution in [0.3, 0.4) is 0 Å². The summed E-state index contributed by atoms with van der Waals surface area (Å²) in [6.07, 6.45) is 5.81. The van der Waals surface area contributed by atoms with Gasteiger partial charge in [0.15, 0.2) is 0 Å². The van der Waals surface area contributed by atoms with E-state index in [1.807, 2.05) is 36.4 Å². The average molecular weight is 522 g/mol. The normalized spacial score (nSPS) is 17.6. The molecule has 5 rings (SSSR count). The number of hydrogen-bond donors (Lipinski definition) is 3. The molecule has 1 saturated heterocycles. The maximum atomic E-state index is 13.9. The van der Waals surface area contributed by atoms with Gasteiger partial charge in [0.2, 0.25) is 0 Å². The number of piperazine rings is 1. The van der Waals surface area contributed by atoms with Gasteiger partial charge in [-0.1, -0.05) is 18.1 Å². The highest BCUT2D eigenvalue weighted by Gasteiger charge is 2.34. The van der Waals surface area contributed by atoms with Gasteiger partial charge in [0.05, 0.1) is 16.8 Å². The number of allylic oxidation sites excluding steroid dienone is 4. The molecule has 3 aliphatic rings. The molecule has 0 radical (unpaired) electrons. The van der Waals surface area contributed by atoms with Gasteiger partial charge in [-0.05, 0) is 48.9 Å². The van der Waals surface area contributed by atoms with Crippen molar-refractivity contribution in [3.63, 3.8) is 0 Å². The molecule has 1 fully saturated rings. The van der Waals surface area contributed by atoms with Gasteiger partial charge in [-0.3, -0.25) is 25.1 Å². The second-order valence-corrected chi connectivity index (χ2v) is 9.18. The fraction of sp³-hybridized carbons (Fsp3) is 0.259. The number of hydrogen-bond acceptors (Lipinski definition) is 7. The predicted octanol–water partition coefficient (Wildman–Crippen LogP) is 3.07. The highest BCUT2D eigenvalue weighted by molar-refractivity contribution is 6.04. The van der Waals surface area contributed by atoms with E-state index in [0.717, 1.165) is 24.9 Å². The first-order chi connectivity index (χ1) is 18.3. The average Bonchev–Trinajstić information content (AvgIpc) is 3.32. The maximum Gasteiger partial charge on any atom is 0.416 e. The summed E-state index contributed by atoms with van der Waals surface area (Å²) in [5.74, 6) is 5.39. The Bertz CT molecular complexity index is 1380. The van der Waals surface area contributed by atoms with Crippen LogP contribution in [0, 0.1) is 11.8 Å². The Morgan fingerprint density at radius 1 is 1.11 bits per heavy atom. The van der Waals surface area contributed by atoms with Crippen LogP contribution >= 0.6 is 0 Å². The number of aromatic nitrogens is 1. The van der Waals surface area contributed by atoms with Crippen LogP contribution in [0.4, 0.5) is 18.9 Å². The first kappa shape index (κ1) is 25.5. The lowest BCUT2D eigenvalue weighted by Crippen LogP contribution is -2.44. The van der Waals surface area contributed by atoms with Gasteiger partial charge in [-0.2, -0.15) is 13.2 Å². The van der Waals surface area contributed by atoms with Crippen LogP contribution in [0.1, 0.15) is 27.0 Å². The number of nitrogens with one attached hydrogen (secondary N) is 3. The standard InChI is InChI=1S/C27H26F3N7O/c1-35-10-12-36(13-11-35)18-20-6-7-22(15-23(20)27(28,29)30)32-26(38)21-14-19(16-31-17-21)5-8-24-25-4-2-3-9-37(25)34-33-24/h2-4,6-7,9,14-17,33-34H,10-13,18H2,1H3,(H,32,38). The Hall–Kier alpha value is -4.11. The van der Waals surface area contributed by atoms with Crippen molar-refractivity contribution in [2.75, 3.05) is 38.5 Å². The number of nitrogens with zero attached hydrogens (tertiary/aromatic N) is 4. The minimum Gasteiger partial charge on any atom is -0.322 e. The fourth-order valence-corrected chi connectivity index (χ4v) is 4.29. The summed E-state index contributed by atoms with van der Waals surface area (Å²) in [5, 5.41) is 4.34. The molecule has 0 unspecified atom stereocenters. The topological polar surface area (TPSA) is 75.8 Å². The maximum absolute atomic E-state index is 13.9. The molecule has 0 spiro atoms. The third-order valence-electron chi connectivity index (χ3n) is 6.41. The second kappa shape index (κ2) is 10.7. The zero-order valence-electron chi connectivity index (χ0n) is 20.6. The van der Waals surface area contributed by atoms with Crippen LogP contribution in [0.5, 0.6) is 0 Å². The van der Waals surface area contributed by atoms with E-state index >= 15 is 0 Å². The molecular formula is C27H26F3N7O. The van der Waals surface area contributed by atoms with Crippen molar-refractivity contribution in [3.8, 4) is 11.8 Å². The number of carbonyl (C=O) groups is 1. The second-order valence-electron chi connectivity index (χ2n) is 9.18. The molecule has 0 atom stereocenters. The van der Waals surface area contributed by atoms with Crippen LogP contribution in [-0.2, 0) is 12.7 Å². The highest BCUT2D eigenvalue weighted by Crippen LogP contribution is 2.34. The van der Waals surface area contributed by atoms with Gasteiger partial charge >= 0.3 is 6.18 Å². The Kier molecular flexibility index (Phi) is 7.20. The lowest BCUT2D eigenvalue weighted by atomic mass is 10.0. The SMILES string of the molecule is CN1CCN(Cc2ccc(NC(=O)c3cncc(C#CC4=C5C=CC=CN5NN4)c3)cc2C(F)(F)F)CC1. The van der Waals surface area contributed by atoms with Gasteiger partial charge in [-0.25, -0.2) is 0 Å². The number of benzene rings is 1. The molecule has 4 heterocycles. The first-order valence-electron chi connectivity index (χ1n) is 12.1. The quantitative estimate of drug-likeness (QED) is 0.534. The molecule has 8 nitrogen and oxygen atoms in total. The van der Waals surface area contributed by atoms with Gasteiger partial charge < -0.3 is 10.2 Å². The van der Waals surface area contributed by atoms with E-state index < -0.39 is 17.6 Å². The molecule has 1 aromatic carbocycles. The van der Waals surface area contributed by atoms with E-state index in [1.165, 1.54) is 24.5 Å². The van der Waals surface area contributed by atoms with E-state index in [2.05, 4.69) is 38.0 Å². The van der Waals surface area contributed by atoms with E-state index in [-0.39, 0.29) is 23.4 Å². The molecule has 3 N–H and O–H groups in total. The zero-order valence-corrected chi connectivity index (χ0v) is 20.6. The van der Waals surface area contributed by atoms with E-state index in [9.17, 15) is 18.0 Å². The van der Waals surface area contributed by atoms with Crippen LogP contribution in [-0.4, -0.2) is 58.9 Å². The minimum atomic E-state index is -4.54. The number of alkyl halides is 3. The number of anilines is 1. The molecule has 1 amide bonds. The molecule has 2 aromatic rings. The van der Waals surface area contributed by atoms with Crippen molar-refractivity contribution in [1.29, 1.82) is 0 Å². The number of likely N-dealkylation sites (N-methyl/N-ethyl adjacent to an activating group) is 1. The van der Waals surface area contributed by atoms with E-state index in [0.29, 0.717) is 24.4 Å². The number of amides is 1. The third kappa shape index (κ3) is 5.89. The molecule has 3 aliphatic heterocycles. The van der Waals surface area contributed by atoms with E-state index in [1.54, 1.807) is 11.1 Å². The lowest BCUT2D eigenvalue weighted by Gasteiger charge is -2.33. The van der Waals surface area contributed by atoms with Crippen LogP contribution in [0.25, 0.3) is 0 Å². The number of halogens is 3. The Balaban J connectivity index is 1.30. The Labute approximate surface area is 218 Å². The first-order valence-corrected chi connectivity index (χ1v) is 12.1. The highest BCUT2D eigenvalue weighted by atomic mass is 19.4. The monoisotopic (exact) mass is 521 g/mol. The predicted molar refractivity (Wildman–Crippen MR) is 137 cm³/mol. The Morgan fingerprint density at radius 3 is 2.71 bits per heavy atom. The number of fused-ring (bicyclic) bond motifs is 1. The summed E-state index contributed by atoms with van der Waals surface area (Å²) in [7, 11) is 2.00. The number of hydrazine groups is 2. The largest absolute Gasteiger partial charge is 0.416 e. The smallest absolute Gasteiger partial charge is 0.322 e. The van der Waals surface area contributed by atoms with Crippen molar-refractivity contribution in [2.45, 2.75) is 12.7 Å². The Morgan fingerprint density at radius 2 is 1.92 bits per heavy atom. The molecule has 38 heavy (non-hydrogen) atoms. The molecule has 196 valence electrons. The zero-order chi connectivity index (χ0) is 26.7. The van der Waals surface area contributed by atoms with Crippen molar-refractivity contribution in [3.05, 3.63) is 94.7 Å². The summed E-state index contributed by atoms with van der Waals surface area (Å²) in [5.41, 5.74) is 7.58. The summed E-state index contributed by atoms with van der Waals surface area (Å²) in [6.45, 7) is 3.23.